The van der Waals surface area contributed by atoms with Crippen molar-refractivity contribution in [2.45, 2.75) is 4.90 Å². The number of nitrogens with one attached hydrogen (secondary N) is 1. The van der Waals surface area contributed by atoms with Gasteiger partial charge in [-0.15, -0.1) is 0 Å². The Morgan fingerprint density at radius 1 is 1.05 bits per heavy atom. The van der Waals surface area contributed by atoms with E-state index in [9.17, 15) is 8.42 Å². The lowest BCUT2D eigenvalue weighted by atomic mass is 10.3. The minimum absolute atomic E-state index is 0.138. The number of anilines is 1. The molecule has 0 unspecified atom stereocenters. The smallest absolute Gasteiger partial charge is 0.263 e. The Morgan fingerprint density at radius 3 is 2.45 bits per heavy atom. The van der Waals surface area contributed by atoms with Crippen LogP contribution >= 0.6 is 59.4 Å². The first kappa shape index (κ1) is 16.3. The molecule has 0 heterocycles. The Balaban J connectivity index is 2.46. The van der Waals surface area contributed by atoms with Gasteiger partial charge in [0.25, 0.3) is 10.0 Å². The second-order valence-corrected chi connectivity index (χ2v) is 8.40. The van der Waals surface area contributed by atoms with Crippen molar-refractivity contribution in [1.82, 2.24) is 0 Å². The van der Waals surface area contributed by atoms with Crippen molar-refractivity contribution in [3.63, 3.8) is 0 Å². The predicted molar refractivity (Wildman–Crippen MR) is 91.8 cm³/mol. The standard InChI is InChI=1S/C12H7Br3ClNO2S/c13-7-4-5-8(14)11(6-7)20(18,19)17-10-3-1-2-9(16)12(10)15/h1-6,17H. The highest BCUT2D eigenvalue weighted by atomic mass is 79.9. The fourth-order valence-electron chi connectivity index (χ4n) is 1.47. The highest BCUT2D eigenvalue weighted by molar-refractivity contribution is 9.11. The van der Waals surface area contributed by atoms with Crippen LogP contribution in [0.15, 0.2) is 54.7 Å². The minimum atomic E-state index is -3.72. The van der Waals surface area contributed by atoms with Crippen LogP contribution < -0.4 is 4.72 Å². The normalized spacial score (nSPS) is 11.4. The van der Waals surface area contributed by atoms with E-state index in [1.165, 1.54) is 6.07 Å². The van der Waals surface area contributed by atoms with Crippen LogP contribution in [0.2, 0.25) is 5.02 Å². The molecule has 0 aliphatic carbocycles. The number of halogens is 4. The third-order valence-electron chi connectivity index (χ3n) is 2.38. The first-order chi connectivity index (χ1) is 9.31. The van der Waals surface area contributed by atoms with E-state index in [1.54, 1.807) is 30.3 Å². The van der Waals surface area contributed by atoms with Gasteiger partial charge in [0.05, 0.1) is 15.2 Å². The number of benzene rings is 2. The van der Waals surface area contributed by atoms with Crippen molar-refractivity contribution in [3.05, 3.63) is 54.8 Å². The molecule has 2 rings (SSSR count). The largest absolute Gasteiger partial charge is 0.278 e. The van der Waals surface area contributed by atoms with Gasteiger partial charge in [-0.05, 0) is 62.2 Å². The average molecular weight is 504 g/mol. The van der Waals surface area contributed by atoms with Gasteiger partial charge < -0.3 is 0 Å². The second-order valence-electron chi connectivity index (χ2n) is 3.78. The topological polar surface area (TPSA) is 46.2 Å². The summed E-state index contributed by atoms with van der Waals surface area (Å²) in [5.41, 5.74) is 0.379. The maximum atomic E-state index is 12.4. The van der Waals surface area contributed by atoms with Crippen molar-refractivity contribution in [1.29, 1.82) is 0 Å². The van der Waals surface area contributed by atoms with E-state index >= 15 is 0 Å². The maximum Gasteiger partial charge on any atom is 0.263 e. The zero-order valence-electron chi connectivity index (χ0n) is 9.70. The van der Waals surface area contributed by atoms with E-state index in [2.05, 4.69) is 52.5 Å². The highest BCUT2D eigenvalue weighted by Gasteiger charge is 2.19. The third-order valence-corrected chi connectivity index (χ3v) is 6.63. The third kappa shape index (κ3) is 3.57. The first-order valence-electron chi connectivity index (χ1n) is 5.23. The second kappa shape index (κ2) is 6.36. The summed E-state index contributed by atoms with van der Waals surface area (Å²) in [4.78, 5) is 0.138. The van der Waals surface area contributed by atoms with Crippen LogP contribution in [0.1, 0.15) is 0 Å². The van der Waals surface area contributed by atoms with Gasteiger partial charge in [-0.25, -0.2) is 8.42 Å². The first-order valence-corrected chi connectivity index (χ1v) is 9.47. The van der Waals surface area contributed by atoms with Crippen LogP contribution in [0, 0.1) is 0 Å². The summed E-state index contributed by atoms with van der Waals surface area (Å²) < 4.78 is 29.0. The summed E-state index contributed by atoms with van der Waals surface area (Å²) in [6.07, 6.45) is 0. The highest BCUT2D eigenvalue weighted by Crippen LogP contribution is 2.33. The summed E-state index contributed by atoms with van der Waals surface area (Å²) in [5.74, 6) is 0. The molecule has 0 saturated heterocycles. The van der Waals surface area contributed by atoms with Gasteiger partial charge in [0.15, 0.2) is 0 Å². The average Bonchev–Trinajstić information content (AvgIpc) is 2.37. The van der Waals surface area contributed by atoms with Crippen LogP contribution in [0.3, 0.4) is 0 Å². The molecule has 0 fully saturated rings. The van der Waals surface area contributed by atoms with E-state index in [-0.39, 0.29) is 4.90 Å². The number of sulfonamides is 1. The molecular formula is C12H7Br3ClNO2S. The zero-order chi connectivity index (χ0) is 14.9. The van der Waals surface area contributed by atoms with Gasteiger partial charge in [0, 0.05) is 8.95 Å². The van der Waals surface area contributed by atoms with Gasteiger partial charge >= 0.3 is 0 Å². The molecule has 0 radical (unpaired) electrons. The molecule has 0 bridgehead atoms. The molecule has 1 N–H and O–H groups in total. The minimum Gasteiger partial charge on any atom is -0.278 e. The number of hydrogen-bond acceptors (Lipinski definition) is 2. The number of hydrogen-bond donors (Lipinski definition) is 1. The quantitative estimate of drug-likeness (QED) is 0.606. The summed E-state index contributed by atoms with van der Waals surface area (Å²) in [7, 11) is -3.72. The lowest BCUT2D eigenvalue weighted by Gasteiger charge is -2.12. The van der Waals surface area contributed by atoms with E-state index < -0.39 is 10.0 Å². The molecule has 106 valence electrons. The van der Waals surface area contributed by atoms with Crippen molar-refractivity contribution in [2.24, 2.45) is 0 Å². The van der Waals surface area contributed by atoms with Crippen molar-refractivity contribution in [3.8, 4) is 0 Å². The molecule has 0 amide bonds. The van der Waals surface area contributed by atoms with Gasteiger partial charge in [0.1, 0.15) is 4.90 Å². The van der Waals surface area contributed by atoms with Crippen molar-refractivity contribution >= 4 is 75.1 Å². The Bertz CT molecular complexity index is 765. The molecule has 3 nitrogen and oxygen atoms in total. The molecule has 20 heavy (non-hydrogen) atoms. The monoisotopic (exact) mass is 501 g/mol. The Morgan fingerprint density at radius 2 is 1.75 bits per heavy atom. The van der Waals surface area contributed by atoms with Gasteiger partial charge in [0.2, 0.25) is 0 Å². The fraction of sp³-hybridized carbons (Fsp3) is 0. The molecule has 0 aliphatic heterocycles. The van der Waals surface area contributed by atoms with Gasteiger partial charge in [-0.1, -0.05) is 33.6 Å². The van der Waals surface area contributed by atoms with E-state index in [4.69, 9.17) is 11.6 Å². The molecule has 2 aromatic carbocycles. The lowest BCUT2D eigenvalue weighted by Crippen LogP contribution is -2.14. The Labute approximate surface area is 147 Å². The van der Waals surface area contributed by atoms with E-state index in [0.717, 1.165) is 0 Å². The SMILES string of the molecule is O=S(=O)(Nc1cccc(Cl)c1Br)c1cc(Br)ccc1Br. The van der Waals surface area contributed by atoms with Crippen LogP contribution in [-0.2, 0) is 10.0 Å². The Kier molecular flexibility index (Phi) is 5.18. The van der Waals surface area contributed by atoms with Crippen LogP contribution in [0.4, 0.5) is 5.69 Å². The molecular weight excluding hydrogens is 497 g/mol. The van der Waals surface area contributed by atoms with Gasteiger partial charge in [-0.2, -0.15) is 0 Å². The summed E-state index contributed by atoms with van der Waals surface area (Å²) in [6.45, 7) is 0. The predicted octanol–water partition coefficient (Wildman–Crippen LogP) is 5.43. The maximum absolute atomic E-state index is 12.4. The molecule has 0 saturated carbocycles. The lowest BCUT2D eigenvalue weighted by molar-refractivity contribution is 0.600. The fourth-order valence-corrected chi connectivity index (χ4v) is 4.71. The molecule has 0 atom stereocenters. The molecule has 0 spiro atoms. The summed E-state index contributed by atoms with van der Waals surface area (Å²) >= 11 is 15.7. The van der Waals surface area contributed by atoms with Crippen LogP contribution in [-0.4, -0.2) is 8.42 Å². The zero-order valence-corrected chi connectivity index (χ0v) is 16.0. The van der Waals surface area contributed by atoms with E-state index in [0.29, 0.717) is 24.1 Å². The number of rotatable bonds is 3. The summed E-state index contributed by atoms with van der Waals surface area (Å²) in [6, 6.07) is 9.88. The van der Waals surface area contributed by atoms with Crippen LogP contribution in [0.5, 0.6) is 0 Å². The Hall–Kier alpha value is -0.0800. The summed E-state index contributed by atoms with van der Waals surface area (Å²) in [5, 5.41) is 0.429. The molecule has 2 aromatic rings. The van der Waals surface area contributed by atoms with Crippen molar-refractivity contribution in [2.75, 3.05) is 4.72 Å². The van der Waals surface area contributed by atoms with Crippen LogP contribution in [0.25, 0.3) is 0 Å². The molecule has 0 aromatic heterocycles. The van der Waals surface area contributed by atoms with Crippen molar-refractivity contribution < 1.29 is 8.42 Å². The van der Waals surface area contributed by atoms with E-state index in [1.807, 2.05) is 0 Å². The molecule has 8 heteroatoms. The molecule has 0 aliphatic rings. The van der Waals surface area contributed by atoms with Gasteiger partial charge in [-0.3, -0.25) is 4.72 Å².